The Morgan fingerprint density at radius 2 is 1.12 bits per heavy atom. The van der Waals surface area contributed by atoms with E-state index in [9.17, 15) is 0 Å². The highest BCUT2D eigenvalue weighted by Crippen LogP contribution is 2.34. The van der Waals surface area contributed by atoms with Crippen LogP contribution in [0.1, 0.15) is 24.2 Å². The van der Waals surface area contributed by atoms with Crippen molar-refractivity contribution in [2.75, 3.05) is 90.6 Å². The molecular formula is C46H55ClN6O4S2. The van der Waals surface area contributed by atoms with E-state index in [4.69, 9.17) is 35.5 Å². The minimum atomic E-state index is 0.489. The number of ether oxygens (including phenoxy) is 4. The minimum Gasteiger partial charge on any atom is -0.497 e. The first-order chi connectivity index (χ1) is 29.0. The smallest absolute Gasteiger partial charge is 0.145 e. The molecule has 13 heteroatoms. The monoisotopic (exact) mass is 854 g/mol. The van der Waals surface area contributed by atoms with Crippen LogP contribution in [-0.2, 0) is 12.4 Å². The van der Waals surface area contributed by atoms with E-state index in [0.29, 0.717) is 5.88 Å². The van der Waals surface area contributed by atoms with Gasteiger partial charge in [0, 0.05) is 86.4 Å². The molecule has 0 aliphatic carbocycles. The van der Waals surface area contributed by atoms with Crippen LogP contribution in [0.4, 0.5) is 11.4 Å². The number of nitrogens with one attached hydrogen (secondary N) is 1. The van der Waals surface area contributed by atoms with Gasteiger partial charge in [-0.3, -0.25) is 4.90 Å². The molecule has 10 nitrogen and oxygen atoms in total. The SMILES string of the molecule is COc1ccc(N2CCCN(Cc3csc(-c4ccccc4)n3)CC2)c(OC)c1.COc1ccc(N2CCCNCC2)c(OC)c1.ClCc1csc(-c2ccccc2)n1. The molecular weight excluding hydrogens is 800 g/mol. The Kier molecular flexibility index (Phi) is 17.1. The number of thiazole rings is 2. The van der Waals surface area contributed by atoms with Crippen LogP contribution in [0.15, 0.2) is 108 Å². The Morgan fingerprint density at radius 3 is 1.66 bits per heavy atom. The molecule has 2 aliphatic heterocycles. The lowest BCUT2D eigenvalue weighted by Crippen LogP contribution is -2.30. The highest BCUT2D eigenvalue weighted by atomic mass is 35.5. The van der Waals surface area contributed by atoms with Gasteiger partial charge in [0.15, 0.2) is 0 Å². The first kappa shape index (κ1) is 43.7. The number of hydrogen-bond acceptors (Lipinski definition) is 12. The maximum atomic E-state index is 5.67. The van der Waals surface area contributed by atoms with Gasteiger partial charge in [0.1, 0.15) is 33.0 Å². The van der Waals surface area contributed by atoms with E-state index >= 15 is 0 Å². The molecule has 2 aliphatic rings. The van der Waals surface area contributed by atoms with E-state index in [1.165, 1.54) is 5.56 Å². The van der Waals surface area contributed by atoms with Crippen molar-refractivity contribution in [1.82, 2.24) is 20.2 Å². The Morgan fingerprint density at radius 1 is 0.576 bits per heavy atom. The summed E-state index contributed by atoms with van der Waals surface area (Å²) in [7, 11) is 6.77. The highest BCUT2D eigenvalue weighted by Gasteiger charge is 2.20. The Bertz CT molecular complexity index is 2130. The maximum absolute atomic E-state index is 5.67. The summed E-state index contributed by atoms with van der Waals surface area (Å²) in [6, 6.07) is 32.6. The molecule has 0 amide bonds. The summed E-state index contributed by atoms with van der Waals surface area (Å²) in [5, 5.41) is 9.72. The number of anilines is 2. The van der Waals surface area contributed by atoms with Crippen molar-refractivity contribution < 1.29 is 18.9 Å². The zero-order chi connectivity index (χ0) is 41.2. The van der Waals surface area contributed by atoms with Crippen LogP contribution in [0, 0.1) is 0 Å². The fraction of sp³-hybridized carbons (Fsp3) is 0.348. The second-order valence-corrected chi connectivity index (χ2v) is 15.9. The van der Waals surface area contributed by atoms with Crippen molar-refractivity contribution in [3.05, 3.63) is 119 Å². The van der Waals surface area contributed by atoms with Gasteiger partial charge < -0.3 is 34.1 Å². The fourth-order valence-corrected chi connectivity index (χ4v) is 8.82. The van der Waals surface area contributed by atoms with Crippen LogP contribution in [0.3, 0.4) is 0 Å². The van der Waals surface area contributed by atoms with E-state index in [-0.39, 0.29) is 0 Å². The molecule has 4 heterocycles. The van der Waals surface area contributed by atoms with Gasteiger partial charge in [-0.25, -0.2) is 9.97 Å². The van der Waals surface area contributed by atoms with Gasteiger partial charge in [-0.05, 0) is 43.7 Å². The van der Waals surface area contributed by atoms with Crippen LogP contribution in [0.2, 0.25) is 0 Å². The van der Waals surface area contributed by atoms with Crippen LogP contribution >= 0.6 is 34.3 Å². The van der Waals surface area contributed by atoms with Crippen LogP contribution in [-0.4, -0.2) is 95.7 Å². The summed E-state index contributed by atoms with van der Waals surface area (Å²) in [4.78, 5) is 16.5. The highest BCUT2D eigenvalue weighted by molar-refractivity contribution is 7.13. The standard InChI is InChI=1S/C23H27N3O2S.C13H20N2O2.C10H8ClNS/c1-27-20-9-10-21(22(15-20)28-2)26-12-6-11-25(13-14-26)16-19-17-29-23(24-19)18-7-4-3-5-8-18;1-16-11-4-5-12(13(10-11)17-2)15-8-3-6-14-7-9-15;11-6-9-7-13-10(12-9)8-4-2-1-3-5-8/h3-5,7-10,15,17H,6,11-14,16H2,1-2H3;4-5,10,14H,3,6-9H2,1-2H3;1-5,7H,6H2. The number of halogens is 1. The maximum Gasteiger partial charge on any atom is 0.145 e. The lowest BCUT2D eigenvalue weighted by Gasteiger charge is -2.25. The Balaban J connectivity index is 0.000000165. The van der Waals surface area contributed by atoms with E-state index < -0.39 is 0 Å². The largest absolute Gasteiger partial charge is 0.497 e. The topological polar surface area (TPSA) is 84.5 Å². The minimum absolute atomic E-state index is 0.489. The van der Waals surface area contributed by atoms with Crippen molar-refractivity contribution >= 4 is 45.6 Å². The second-order valence-electron chi connectivity index (χ2n) is 13.9. The summed E-state index contributed by atoms with van der Waals surface area (Å²) in [5.41, 5.74) is 6.74. The van der Waals surface area contributed by atoms with Gasteiger partial charge in [-0.2, -0.15) is 0 Å². The molecule has 2 saturated heterocycles. The Hall–Kier alpha value is -4.85. The molecule has 0 bridgehead atoms. The third-order valence-electron chi connectivity index (χ3n) is 10.1. The van der Waals surface area contributed by atoms with E-state index in [0.717, 1.165) is 133 Å². The fourth-order valence-electron chi connectivity index (χ4n) is 6.95. The number of alkyl halides is 1. The molecule has 0 saturated carbocycles. The molecule has 2 aromatic heterocycles. The van der Waals surface area contributed by atoms with Gasteiger partial charge in [0.2, 0.25) is 0 Å². The van der Waals surface area contributed by atoms with Crippen molar-refractivity contribution in [3.63, 3.8) is 0 Å². The summed E-state index contributed by atoms with van der Waals surface area (Å²) in [6.07, 6.45) is 2.28. The number of benzene rings is 4. The normalized spacial score (nSPS) is 14.5. The molecule has 0 spiro atoms. The zero-order valence-corrected chi connectivity index (χ0v) is 36.8. The van der Waals surface area contributed by atoms with Crippen molar-refractivity contribution in [3.8, 4) is 44.1 Å². The zero-order valence-electron chi connectivity index (χ0n) is 34.4. The number of methoxy groups -OCH3 is 4. The molecule has 0 atom stereocenters. The molecule has 2 fully saturated rings. The summed E-state index contributed by atoms with van der Waals surface area (Å²) in [6.45, 7) is 9.17. The number of aromatic nitrogens is 2. The molecule has 8 rings (SSSR count). The third-order valence-corrected chi connectivity index (χ3v) is 12.2. The first-order valence-electron chi connectivity index (χ1n) is 19.9. The number of nitrogens with zero attached hydrogens (tertiary/aromatic N) is 5. The van der Waals surface area contributed by atoms with Gasteiger partial charge in [-0.1, -0.05) is 60.7 Å². The van der Waals surface area contributed by atoms with Crippen LogP contribution < -0.4 is 34.1 Å². The first-order valence-corrected chi connectivity index (χ1v) is 22.2. The predicted molar refractivity (Wildman–Crippen MR) is 246 cm³/mol. The van der Waals surface area contributed by atoms with Crippen molar-refractivity contribution in [1.29, 1.82) is 0 Å². The van der Waals surface area contributed by atoms with Crippen molar-refractivity contribution in [2.45, 2.75) is 25.3 Å². The quantitative estimate of drug-likeness (QED) is 0.127. The molecule has 0 unspecified atom stereocenters. The third kappa shape index (κ3) is 12.6. The molecule has 4 aromatic carbocycles. The average molecular weight is 856 g/mol. The summed E-state index contributed by atoms with van der Waals surface area (Å²) in [5.74, 6) is 3.89. The predicted octanol–water partition coefficient (Wildman–Crippen LogP) is 9.59. The van der Waals surface area contributed by atoms with Crippen LogP contribution in [0.25, 0.3) is 21.1 Å². The van der Waals surface area contributed by atoms with E-state index in [1.807, 2.05) is 53.9 Å². The molecule has 312 valence electrons. The number of rotatable bonds is 11. The average Bonchev–Trinajstić information content (AvgIpc) is 3.82. The lowest BCUT2D eigenvalue weighted by atomic mass is 10.2. The Labute approximate surface area is 362 Å². The van der Waals surface area contributed by atoms with Gasteiger partial charge in [0.05, 0.1) is 57.1 Å². The van der Waals surface area contributed by atoms with Gasteiger partial charge in [-0.15, -0.1) is 34.3 Å². The van der Waals surface area contributed by atoms with Gasteiger partial charge >= 0.3 is 0 Å². The lowest BCUT2D eigenvalue weighted by molar-refractivity contribution is 0.282. The number of hydrogen-bond donors (Lipinski definition) is 1. The second kappa shape index (κ2) is 23.1. The molecule has 6 aromatic rings. The van der Waals surface area contributed by atoms with E-state index in [1.54, 1.807) is 51.1 Å². The van der Waals surface area contributed by atoms with Gasteiger partial charge in [0.25, 0.3) is 0 Å². The van der Waals surface area contributed by atoms with Crippen LogP contribution in [0.5, 0.6) is 23.0 Å². The van der Waals surface area contributed by atoms with Crippen molar-refractivity contribution in [2.24, 2.45) is 0 Å². The molecule has 59 heavy (non-hydrogen) atoms. The molecule has 1 N–H and O–H groups in total. The summed E-state index contributed by atoms with van der Waals surface area (Å²) >= 11 is 9.03. The van der Waals surface area contributed by atoms with E-state index in [2.05, 4.69) is 78.9 Å². The molecule has 0 radical (unpaired) electrons. The summed E-state index contributed by atoms with van der Waals surface area (Å²) < 4.78 is 21.6.